The van der Waals surface area contributed by atoms with Gasteiger partial charge in [0.2, 0.25) is 0 Å². The normalized spacial score (nSPS) is 11.1. The molecule has 0 aliphatic heterocycles. The zero-order valence-corrected chi connectivity index (χ0v) is 14.2. The van der Waals surface area contributed by atoms with Crippen molar-refractivity contribution in [1.82, 2.24) is 14.9 Å². The number of fused-ring (bicyclic) bond motifs is 1. The van der Waals surface area contributed by atoms with Gasteiger partial charge in [0, 0.05) is 30.2 Å². The molecule has 0 fully saturated rings. The van der Waals surface area contributed by atoms with Crippen molar-refractivity contribution in [2.45, 2.75) is 26.8 Å². The summed E-state index contributed by atoms with van der Waals surface area (Å²) in [7, 11) is 0. The molecule has 0 spiro atoms. The molecular formula is C20H23N3O. The van der Waals surface area contributed by atoms with Gasteiger partial charge in [-0.1, -0.05) is 30.3 Å². The van der Waals surface area contributed by atoms with Gasteiger partial charge in [-0.25, -0.2) is 4.98 Å². The van der Waals surface area contributed by atoms with Gasteiger partial charge < -0.3 is 5.32 Å². The first-order valence-electron chi connectivity index (χ1n) is 8.37. The molecular weight excluding hydrogens is 298 g/mol. The molecule has 0 radical (unpaired) electrons. The maximum absolute atomic E-state index is 12.2. The van der Waals surface area contributed by atoms with Crippen molar-refractivity contribution in [1.29, 1.82) is 0 Å². The highest BCUT2D eigenvalue weighted by atomic mass is 16.1. The zero-order valence-electron chi connectivity index (χ0n) is 14.2. The summed E-state index contributed by atoms with van der Waals surface area (Å²) in [4.78, 5) is 16.8. The molecule has 0 aliphatic rings. The van der Waals surface area contributed by atoms with Crippen LogP contribution in [0.2, 0.25) is 0 Å². The summed E-state index contributed by atoms with van der Waals surface area (Å²) in [6.07, 6.45) is 0.988. The minimum atomic E-state index is 0.00450. The van der Waals surface area contributed by atoms with E-state index in [9.17, 15) is 4.79 Å². The molecule has 3 rings (SSSR count). The fourth-order valence-electron chi connectivity index (χ4n) is 3.00. The van der Waals surface area contributed by atoms with Crippen molar-refractivity contribution in [2.24, 2.45) is 0 Å². The standard InChI is InChI=1S/C20H23N3O/c1-15-14-16(2)22-20-18(15)8-9-19(24)23(20)13-12-21-11-10-17-6-4-3-5-7-17/h3-9,14,21H,10-13H2,1-2H3. The number of nitrogens with zero attached hydrogens (tertiary/aromatic N) is 2. The maximum Gasteiger partial charge on any atom is 0.252 e. The third kappa shape index (κ3) is 3.71. The van der Waals surface area contributed by atoms with Crippen LogP contribution in [-0.2, 0) is 13.0 Å². The number of aryl methyl sites for hydroxylation is 2. The van der Waals surface area contributed by atoms with Crippen LogP contribution >= 0.6 is 0 Å². The summed E-state index contributed by atoms with van der Waals surface area (Å²) in [5.74, 6) is 0. The first kappa shape index (κ1) is 16.4. The number of aromatic nitrogens is 2. The minimum absolute atomic E-state index is 0.00450. The molecule has 0 bridgehead atoms. The van der Waals surface area contributed by atoms with E-state index in [4.69, 9.17) is 0 Å². The molecule has 4 nitrogen and oxygen atoms in total. The summed E-state index contributed by atoms with van der Waals surface area (Å²) in [6, 6.07) is 16.0. The van der Waals surface area contributed by atoms with Crippen molar-refractivity contribution in [3.63, 3.8) is 0 Å². The number of hydrogen-bond acceptors (Lipinski definition) is 3. The Hall–Kier alpha value is -2.46. The first-order chi connectivity index (χ1) is 11.6. The molecule has 0 unspecified atom stereocenters. The van der Waals surface area contributed by atoms with E-state index in [1.807, 2.05) is 19.1 Å². The van der Waals surface area contributed by atoms with E-state index < -0.39 is 0 Å². The number of hydrogen-bond donors (Lipinski definition) is 1. The number of nitrogens with one attached hydrogen (secondary N) is 1. The lowest BCUT2D eigenvalue weighted by atomic mass is 10.1. The average molecular weight is 321 g/mol. The third-order valence-corrected chi connectivity index (χ3v) is 4.23. The van der Waals surface area contributed by atoms with E-state index >= 15 is 0 Å². The molecule has 2 heterocycles. The second-order valence-electron chi connectivity index (χ2n) is 6.13. The third-order valence-electron chi connectivity index (χ3n) is 4.23. The molecule has 0 amide bonds. The predicted octanol–water partition coefficient (Wildman–Crippen LogP) is 2.85. The Morgan fingerprint density at radius 3 is 2.62 bits per heavy atom. The van der Waals surface area contributed by atoms with Crippen LogP contribution in [0.4, 0.5) is 0 Å². The smallest absolute Gasteiger partial charge is 0.252 e. The molecule has 1 N–H and O–H groups in total. The lowest BCUT2D eigenvalue weighted by Crippen LogP contribution is -2.28. The van der Waals surface area contributed by atoms with Crippen LogP contribution < -0.4 is 10.9 Å². The fourth-order valence-corrected chi connectivity index (χ4v) is 3.00. The largest absolute Gasteiger partial charge is 0.315 e. The molecule has 0 saturated carbocycles. The van der Waals surface area contributed by atoms with Gasteiger partial charge in [-0.05, 0) is 50.1 Å². The van der Waals surface area contributed by atoms with Crippen LogP contribution in [0.25, 0.3) is 11.0 Å². The summed E-state index contributed by atoms with van der Waals surface area (Å²) in [5.41, 5.74) is 4.20. The van der Waals surface area contributed by atoms with Crippen molar-refractivity contribution < 1.29 is 0 Å². The lowest BCUT2D eigenvalue weighted by molar-refractivity contribution is 0.595. The SMILES string of the molecule is Cc1cc(C)c2ccc(=O)n(CCNCCc3ccccc3)c2n1. The molecule has 0 atom stereocenters. The van der Waals surface area contributed by atoms with Crippen LogP contribution in [0.1, 0.15) is 16.8 Å². The van der Waals surface area contributed by atoms with Gasteiger partial charge in [0.1, 0.15) is 5.65 Å². The Labute approximate surface area is 142 Å². The number of rotatable bonds is 6. The summed E-state index contributed by atoms with van der Waals surface area (Å²) < 4.78 is 1.77. The number of benzene rings is 1. The predicted molar refractivity (Wildman–Crippen MR) is 98.5 cm³/mol. The van der Waals surface area contributed by atoms with Crippen LogP contribution in [0.15, 0.2) is 53.3 Å². The van der Waals surface area contributed by atoms with Gasteiger partial charge >= 0.3 is 0 Å². The van der Waals surface area contributed by atoms with Crippen molar-refractivity contribution in [2.75, 3.05) is 13.1 Å². The second-order valence-corrected chi connectivity index (χ2v) is 6.13. The highest BCUT2D eigenvalue weighted by Gasteiger charge is 2.07. The average Bonchev–Trinajstić information content (AvgIpc) is 2.57. The van der Waals surface area contributed by atoms with Gasteiger partial charge in [0.05, 0.1) is 0 Å². The van der Waals surface area contributed by atoms with Crippen LogP contribution in [0.3, 0.4) is 0 Å². The molecule has 124 valence electrons. The fraction of sp³-hybridized carbons (Fsp3) is 0.300. The summed E-state index contributed by atoms with van der Waals surface area (Å²) in [6.45, 7) is 6.30. The topological polar surface area (TPSA) is 46.9 Å². The Morgan fingerprint density at radius 1 is 1.04 bits per heavy atom. The summed E-state index contributed by atoms with van der Waals surface area (Å²) >= 11 is 0. The molecule has 0 saturated heterocycles. The Balaban J connectivity index is 1.67. The van der Waals surface area contributed by atoms with Gasteiger partial charge in [-0.2, -0.15) is 0 Å². The van der Waals surface area contributed by atoms with Crippen molar-refractivity contribution >= 4 is 11.0 Å². The lowest BCUT2D eigenvalue weighted by Gasteiger charge is -2.12. The first-order valence-corrected chi connectivity index (χ1v) is 8.37. The van der Waals surface area contributed by atoms with Crippen LogP contribution in [0, 0.1) is 13.8 Å². The quantitative estimate of drug-likeness (QED) is 0.710. The molecule has 3 aromatic rings. The van der Waals surface area contributed by atoms with E-state index in [1.165, 1.54) is 5.56 Å². The van der Waals surface area contributed by atoms with Gasteiger partial charge in [-0.3, -0.25) is 9.36 Å². The zero-order chi connectivity index (χ0) is 16.9. The van der Waals surface area contributed by atoms with Crippen LogP contribution in [-0.4, -0.2) is 22.6 Å². The molecule has 24 heavy (non-hydrogen) atoms. The van der Waals surface area contributed by atoms with Gasteiger partial charge in [-0.15, -0.1) is 0 Å². The Kier molecular flexibility index (Phi) is 5.06. The summed E-state index contributed by atoms with van der Waals surface area (Å²) in [5, 5.41) is 4.46. The van der Waals surface area contributed by atoms with E-state index in [1.54, 1.807) is 10.6 Å². The highest BCUT2D eigenvalue weighted by molar-refractivity contribution is 5.79. The Morgan fingerprint density at radius 2 is 1.83 bits per heavy atom. The van der Waals surface area contributed by atoms with E-state index in [-0.39, 0.29) is 5.56 Å². The van der Waals surface area contributed by atoms with Crippen molar-refractivity contribution in [3.8, 4) is 0 Å². The highest BCUT2D eigenvalue weighted by Crippen LogP contribution is 2.15. The van der Waals surface area contributed by atoms with Gasteiger partial charge in [0.15, 0.2) is 0 Å². The minimum Gasteiger partial charge on any atom is -0.315 e. The second kappa shape index (κ2) is 7.41. The van der Waals surface area contributed by atoms with Gasteiger partial charge in [0.25, 0.3) is 5.56 Å². The Bertz CT molecular complexity index is 885. The van der Waals surface area contributed by atoms with E-state index in [0.717, 1.165) is 41.8 Å². The number of pyridine rings is 2. The van der Waals surface area contributed by atoms with E-state index in [0.29, 0.717) is 6.54 Å². The molecule has 0 aliphatic carbocycles. The van der Waals surface area contributed by atoms with Crippen molar-refractivity contribution in [3.05, 3.63) is 75.7 Å². The monoisotopic (exact) mass is 321 g/mol. The molecule has 1 aromatic carbocycles. The molecule has 4 heteroatoms. The van der Waals surface area contributed by atoms with Crippen LogP contribution in [0.5, 0.6) is 0 Å². The molecule has 2 aromatic heterocycles. The van der Waals surface area contributed by atoms with E-state index in [2.05, 4.69) is 47.6 Å². The maximum atomic E-state index is 12.2.